The van der Waals surface area contributed by atoms with Gasteiger partial charge in [-0.05, 0) is 12.8 Å². The molecule has 2 rings (SSSR count). The van der Waals surface area contributed by atoms with Gasteiger partial charge < -0.3 is 65.1 Å². The van der Waals surface area contributed by atoms with Gasteiger partial charge in [0.05, 0.1) is 32.0 Å². The zero-order valence-corrected chi connectivity index (χ0v) is 39.6. The van der Waals surface area contributed by atoms with Gasteiger partial charge in [-0.2, -0.15) is 0 Å². The van der Waals surface area contributed by atoms with Gasteiger partial charge in [-0.25, -0.2) is 0 Å². The van der Waals surface area contributed by atoms with E-state index in [2.05, 4.69) is 19.2 Å². The molecule has 1 amide bonds. The van der Waals surface area contributed by atoms with E-state index in [4.69, 9.17) is 18.9 Å². The second-order valence-corrected chi connectivity index (χ2v) is 18.7. The van der Waals surface area contributed by atoms with Gasteiger partial charge in [0.25, 0.3) is 0 Å². The first-order chi connectivity index (χ1) is 30.6. The molecule has 0 aliphatic carbocycles. The molecule has 4 unspecified atom stereocenters. The van der Waals surface area contributed by atoms with Crippen LogP contribution >= 0.6 is 0 Å². The maximum atomic E-state index is 13.2. The van der Waals surface area contributed by atoms with E-state index in [1.54, 1.807) is 0 Å². The molecule has 0 aromatic rings. The Morgan fingerprint density at radius 2 is 0.905 bits per heavy atom. The molecule has 2 aliphatic heterocycles. The van der Waals surface area contributed by atoms with Crippen molar-refractivity contribution >= 4 is 5.91 Å². The molecule has 0 saturated carbocycles. The van der Waals surface area contributed by atoms with Crippen LogP contribution in [-0.4, -0.2) is 140 Å². The fourth-order valence-corrected chi connectivity index (χ4v) is 8.83. The molecule has 2 saturated heterocycles. The van der Waals surface area contributed by atoms with Gasteiger partial charge in [0, 0.05) is 6.42 Å². The van der Waals surface area contributed by atoms with Crippen LogP contribution in [0, 0.1) is 0 Å². The number of aliphatic hydroxyl groups excluding tert-OH is 8. The van der Waals surface area contributed by atoms with E-state index in [0.29, 0.717) is 12.8 Å². The summed E-state index contributed by atoms with van der Waals surface area (Å²) in [5.74, 6) is -0.205. The Labute approximate surface area is 381 Å². The van der Waals surface area contributed by atoms with Crippen LogP contribution in [0.5, 0.6) is 0 Å². The molecule has 9 N–H and O–H groups in total. The summed E-state index contributed by atoms with van der Waals surface area (Å²) in [6, 6.07) is -0.819. The summed E-state index contributed by atoms with van der Waals surface area (Å²) < 4.78 is 22.7. The zero-order chi connectivity index (χ0) is 46.1. The number of aliphatic hydroxyl groups is 8. The third-order valence-corrected chi connectivity index (χ3v) is 13.1. The van der Waals surface area contributed by atoms with E-state index in [1.807, 2.05) is 0 Å². The van der Waals surface area contributed by atoms with E-state index in [-0.39, 0.29) is 12.5 Å². The highest BCUT2D eigenvalue weighted by molar-refractivity contribution is 5.76. The lowest BCUT2D eigenvalue weighted by molar-refractivity contribution is -0.359. The minimum atomic E-state index is -1.78. The molecule has 14 nitrogen and oxygen atoms in total. The first-order valence-corrected chi connectivity index (χ1v) is 25.8. The number of nitrogens with one attached hydrogen (secondary N) is 1. The van der Waals surface area contributed by atoms with Crippen molar-refractivity contribution in [1.82, 2.24) is 5.32 Å². The number of carbonyl (C=O) groups is 1. The van der Waals surface area contributed by atoms with Crippen molar-refractivity contribution < 1.29 is 64.6 Å². The molecule has 0 radical (unpaired) electrons. The van der Waals surface area contributed by atoms with E-state index in [0.717, 1.165) is 51.4 Å². The average Bonchev–Trinajstić information content (AvgIpc) is 3.28. The fourth-order valence-electron chi connectivity index (χ4n) is 8.83. The summed E-state index contributed by atoms with van der Waals surface area (Å²) >= 11 is 0. The Morgan fingerprint density at radius 1 is 0.508 bits per heavy atom. The standard InChI is InChI=1S/C49H95NO13/c1-3-5-7-9-11-13-15-16-17-18-19-20-21-22-23-25-27-29-31-33-41(54)50-37(38(53)32-30-28-26-24-14-12-10-8-6-4-2)36-60-48-46(59)44(57)47(40(35-52)62-48)63-49-45(58)43(56)42(55)39(34-51)61-49/h37-40,42-49,51-53,55-59H,3-36H2,1-2H3,(H,50,54)/t37-,38+,39+,40+,42-,43?,44?,45?,46?,47+,48+,49-/m0/s1. The van der Waals surface area contributed by atoms with Crippen LogP contribution in [0.25, 0.3) is 0 Å². The number of unbranched alkanes of at least 4 members (excludes halogenated alkanes) is 27. The normalized spacial score (nSPS) is 27.4. The van der Waals surface area contributed by atoms with E-state index < -0.39 is 86.8 Å². The monoisotopic (exact) mass is 906 g/mol. The molecule has 12 atom stereocenters. The van der Waals surface area contributed by atoms with Crippen LogP contribution in [0.1, 0.15) is 213 Å². The Balaban J connectivity index is 1.78. The lowest BCUT2D eigenvalue weighted by Crippen LogP contribution is -2.65. The summed E-state index contributed by atoms with van der Waals surface area (Å²) in [7, 11) is 0. The van der Waals surface area contributed by atoms with Gasteiger partial charge in [-0.3, -0.25) is 4.79 Å². The maximum Gasteiger partial charge on any atom is 0.220 e. The highest BCUT2D eigenvalue weighted by Crippen LogP contribution is 2.30. The molecule has 2 heterocycles. The Hall–Kier alpha value is -1.01. The highest BCUT2D eigenvalue weighted by Gasteiger charge is 2.51. The van der Waals surface area contributed by atoms with Crippen LogP contribution < -0.4 is 5.32 Å². The van der Waals surface area contributed by atoms with E-state index >= 15 is 0 Å². The Bertz CT molecular complexity index is 1070. The molecule has 63 heavy (non-hydrogen) atoms. The Morgan fingerprint density at radius 3 is 1.35 bits per heavy atom. The predicted octanol–water partition coefficient (Wildman–Crippen LogP) is 6.61. The zero-order valence-electron chi connectivity index (χ0n) is 39.6. The highest BCUT2D eigenvalue weighted by atomic mass is 16.7. The van der Waals surface area contributed by atoms with Crippen LogP contribution in [0.3, 0.4) is 0 Å². The number of ether oxygens (including phenoxy) is 4. The summed E-state index contributed by atoms with van der Waals surface area (Å²) in [5, 5.41) is 86.7. The smallest absolute Gasteiger partial charge is 0.220 e. The first kappa shape index (κ1) is 58.1. The average molecular weight is 906 g/mol. The van der Waals surface area contributed by atoms with Gasteiger partial charge in [0.2, 0.25) is 5.91 Å². The molecule has 374 valence electrons. The SMILES string of the molecule is CCCCCCCCCCCCCCCCCCCCCC(=O)N[C@@H](CO[C@@H]1O[C@H](CO)[C@@H](O[C@@H]2O[C@H](CO)[C@H](O)C(O)C2O)C(O)C1O)[C@H](O)CCCCCCCCCCCC. The topological polar surface area (TPSA) is 228 Å². The molecule has 2 aliphatic rings. The van der Waals surface area contributed by atoms with E-state index in [1.165, 1.54) is 135 Å². The lowest BCUT2D eigenvalue weighted by atomic mass is 9.97. The van der Waals surface area contributed by atoms with Crippen molar-refractivity contribution in [3.63, 3.8) is 0 Å². The van der Waals surface area contributed by atoms with Gasteiger partial charge in [0.1, 0.15) is 48.8 Å². The first-order valence-electron chi connectivity index (χ1n) is 25.8. The van der Waals surface area contributed by atoms with E-state index in [9.17, 15) is 45.6 Å². The van der Waals surface area contributed by atoms with Gasteiger partial charge in [-0.1, -0.05) is 194 Å². The molecule has 0 aromatic heterocycles. The van der Waals surface area contributed by atoms with Crippen LogP contribution in [0.2, 0.25) is 0 Å². The number of hydrogen-bond donors (Lipinski definition) is 9. The third-order valence-electron chi connectivity index (χ3n) is 13.1. The third kappa shape index (κ3) is 24.5. The molecule has 0 bridgehead atoms. The summed E-state index contributed by atoms with van der Waals surface area (Å²) in [4.78, 5) is 13.2. The van der Waals surface area contributed by atoms with Gasteiger partial charge in [-0.15, -0.1) is 0 Å². The van der Waals surface area contributed by atoms with Crippen molar-refractivity contribution in [2.45, 2.75) is 286 Å². The van der Waals surface area contributed by atoms with Crippen LogP contribution in [-0.2, 0) is 23.7 Å². The lowest BCUT2D eigenvalue weighted by Gasteiger charge is -2.46. The Kier molecular flexibility index (Phi) is 34.2. The molecule has 14 heteroatoms. The van der Waals surface area contributed by atoms with Gasteiger partial charge >= 0.3 is 0 Å². The van der Waals surface area contributed by atoms with Crippen LogP contribution in [0.4, 0.5) is 0 Å². The summed E-state index contributed by atoms with van der Waals surface area (Å²) in [5.41, 5.74) is 0. The molecule has 0 spiro atoms. The fraction of sp³-hybridized carbons (Fsp3) is 0.980. The van der Waals surface area contributed by atoms with Crippen molar-refractivity contribution in [3.8, 4) is 0 Å². The van der Waals surface area contributed by atoms with Crippen molar-refractivity contribution in [1.29, 1.82) is 0 Å². The largest absolute Gasteiger partial charge is 0.394 e. The molecule has 2 fully saturated rings. The summed E-state index contributed by atoms with van der Waals surface area (Å²) in [6.45, 7) is 2.84. The quantitative estimate of drug-likeness (QED) is 0.0296. The number of hydrogen-bond acceptors (Lipinski definition) is 13. The minimum Gasteiger partial charge on any atom is -0.394 e. The minimum absolute atomic E-state index is 0.205. The predicted molar refractivity (Wildman–Crippen MR) is 245 cm³/mol. The van der Waals surface area contributed by atoms with Crippen LogP contribution in [0.15, 0.2) is 0 Å². The number of rotatable bonds is 40. The maximum absolute atomic E-state index is 13.2. The molecule has 0 aromatic carbocycles. The van der Waals surface area contributed by atoms with Crippen molar-refractivity contribution in [2.24, 2.45) is 0 Å². The number of amides is 1. The second kappa shape index (κ2) is 37.0. The molecular formula is C49H95NO13. The van der Waals surface area contributed by atoms with Crippen molar-refractivity contribution in [3.05, 3.63) is 0 Å². The van der Waals surface area contributed by atoms with Crippen molar-refractivity contribution in [2.75, 3.05) is 19.8 Å². The second-order valence-electron chi connectivity index (χ2n) is 18.7. The summed E-state index contributed by atoms with van der Waals surface area (Å²) in [6.07, 6.45) is 19.7. The molecular weight excluding hydrogens is 811 g/mol. The number of carbonyl (C=O) groups excluding carboxylic acids is 1. The van der Waals surface area contributed by atoms with Gasteiger partial charge in [0.15, 0.2) is 12.6 Å².